The highest BCUT2D eigenvalue weighted by atomic mass is 35.5. The topological polar surface area (TPSA) is 15.8 Å². The average Bonchev–Trinajstić information content (AvgIpc) is 3.27. The fourth-order valence-corrected chi connectivity index (χ4v) is 4.46. The lowest BCUT2D eigenvalue weighted by Gasteiger charge is -2.19. The number of halogens is 4. The van der Waals surface area contributed by atoms with E-state index in [1.165, 1.54) is 11.3 Å². The van der Waals surface area contributed by atoms with Crippen LogP contribution in [0.2, 0.25) is 5.02 Å². The van der Waals surface area contributed by atoms with Gasteiger partial charge in [0.05, 0.1) is 12.1 Å². The third kappa shape index (κ3) is 3.75. The lowest BCUT2D eigenvalue weighted by atomic mass is 9.89. The fourth-order valence-electron chi connectivity index (χ4n) is 3.45. The van der Waals surface area contributed by atoms with E-state index in [0.717, 1.165) is 16.5 Å². The molecule has 0 saturated carbocycles. The van der Waals surface area contributed by atoms with Crippen molar-refractivity contribution in [2.24, 2.45) is 0 Å². The summed E-state index contributed by atoms with van der Waals surface area (Å²) in [5.74, 6) is -0.782. The predicted molar refractivity (Wildman–Crippen MR) is 106 cm³/mol. The SMILES string of the molecule is FC(F)(F)C[C@@H](c1cccs1)c1c(-c2ccccc2)[nH]c2cc(Cl)ccc12. The van der Waals surface area contributed by atoms with Crippen LogP contribution in [0.3, 0.4) is 0 Å². The minimum Gasteiger partial charge on any atom is -0.354 e. The van der Waals surface area contributed by atoms with Gasteiger partial charge in [0.25, 0.3) is 0 Å². The zero-order valence-corrected chi connectivity index (χ0v) is 15.6. The summed E-state index contributed by atoms with van der Waals surface area (Å²) >= 11 is 7.46. The first-order chi connectivity index (χ1) is 12.9. The summed E-state index contributed by atoms with van der Waals surface area (Å²) in [4.78, 5) is 4.00. The van der Waals surface area contributed by atoms with Crippen molar-refractivity contribution in [3.05, 3.63) is 81.5 Å². The standard InChI is InChI=1S/C21H15ClF3NS/c22-14-8-9-15-17(11-14)26-20(13-5-2-1-3-6-13)19(15)16(12-21(23,24)25)18-7-4-10-27-18/h1-11,16,26H,12H2/t16-/m0/s1. The van der Waals surface area contributed by atoms with E-state index in [-0.39, 0.29) is 0 Å². The number of H-pyrrole nitrogens is 1. The molecule has 0 radical (unpaired) electrons. The molecular formula is C21H15ClF3NS. The molecule has 27 heavy (non-hydrogen) atoms. The predicted octanol–water partition coefficient (Wildman–Crippen LogP) is 7.63. The zero-order valence-electron chi connectivity index (χ0n) is 14.1. The van der Waals surface area contributed by atoms with Gasteiger partial charge in [-0.15, -0.1) is 11.3 Å². The Morgan fingerprint density at radius 3 is 2.44 bits per heavy atom. The van der Waals surface area contributed by atoms with Gasteiger partial charge in [0, 0.05) is 26.7 Å². The average molecular weight is 406 g/mol. The summed E-state index contributed by atoms with van der Waals surface area (Å²) in [6.07, 6.45) is -5.19. The van der Waals surface area contributed by atoms with Gasteiger partial charge in [-0.25, -0.2) is 0 Å². The molecule has 1 nitrogen and oxygen atoms in total. The van der Waals surface area contributed by atoms with Gasteiger partial charge in [-0.1, -0.05) is 54.1 Å². The molecule has 0 aliphatic carbocycles. The number of hydrogen-bond donors (Lipinski definition) is 1. The molecule has 1 atom stereocenters. The van der Waals surface area contributed by atoms with E-state index in [1.807, 2.05) is 35.7 Å². The maximum absolute atomic E-state index is 13.5. The van der Waals surface area contributed by atoms with Crippen LogP contribution in [0.5, 0.6) is 0 Å². The maximum atomic E-state index is 13.5. The van der Waals surface area contributed by atoms with Crippen LogP contribution in [0.25, 0.3) is 22.2 Å². The molecule has 0 bridgehead atoms. The molecular weight excluding hydrogens is 391 g/mol. The van der Waals surface area contributed by atoms with Crippen molar-refractivity contribution < 1.29 is 13.2 Å². The first-order valence-corrected chi connectivity index (χ1v) is 9.65. The van der Waals surface area contributed by atoms with Crippen molar-refractivity contribution in [2.75, 3.05) is 0 Å². The minimum absolute atomic E-state index is 0.540. The molecule has 2 heterocycles. The molecule has 0 spiro atoms. The van der Waals surface area contributed by atoms with Crippen molar-refractivity contribution >= 4 is 33.8 Å². The number of aromatic nitrogens is 1. The van der Waals surface area contributed by atoms with Crippen LogP contribution in [0.4, 0.5) is 13.2 Å². The van der Waals surface area contributed by atoms with Crippen LogP contribution in [0.15, 0.2) is 66.0 Å². The molecule has 2 aromatic heterocycles. The molecule has 4 aromatic rings. The number of hydrogen-bond acceptors (Lipinski definition) is 1. The molecule has 6 heteroatoms. The smallest absolute Gasteiger partial charge is 0.354 e. The summed E-state index contributed by atoms with van der Waals surface area (Å²) in [5.41, 5.74) is 2.95. The Bertz CT molecular complexity index is 1050. The maximum Gasteiger partial charge on any atom is 0.390 e. The van der Waals surface area contributed by atoms with E-state index >= 15 is 0 Å². The van der Waals surface area contributed by atoms with Crippen LogP contribution in [-0.2, 0) is 0 Å². The molecule has 0 aliphatic heterocycles. The second-order valence-electron chi connectivity index (χ2n) is 6.36. The van der Waals surface area contributed by atoms with Crippen molar-refractivity contribution in [1.29, 1.82) is 0 Å². The van der Waals surface area contributed by atoms with Crippen molar-refractivity contribution in [3.63, 3.8) is 0 Å². The van der Waals surface area contributed by atoms with Crippen LogP contribution >= 0.6 is 22.9 Å². The van der Waals surface area contributed by atoms with Crippen molar-refractivity contribution in [3.8, 4) is 11.3 Å². The second-order valence-corrected chi connectivity index (χ2v) is 7.77. The Hall–Kier alpha value is -2.24. The number of benzene rings is 2. The number of thiophene rings is 1. The highest BCUT2D eigenvalue weighted by Gasteiger charge is 2.36. The largest absolute Gasteiger partial charge is 0.390 e. The molecule has 0 aliphatic rings. The van der Waals surface area contributed by atoms with Crippen LogP contribution < -0.4 is 0 Å². The van der Waals surface area contributed by atoms with Crippen LogP contribution in [0.1, 0.15) is 22.8 Å². The van der Waals surface area contributed by atoms with Gasteiger partial charge < -0.3 is 4.98 Å². The molecule has 0 saturated heterocycles. The molecule has 0 amide bonds. The quantitative estimate of drug-likeness (QED) is 0.359. The zero-order chi connectivity index (χ0) is 19.0. The van der Waals surface area contributed by atoms with E-state index in [9.17, 15) is 13.2 Å². The summed E-state index contributed by atoms with van der Waals surface area (Å²) in [6.45, 7) is 0. The Labute approximate surface area is 163 Å². The van der Waals surface area contributed by atoms with Crippen molar-refractivity contribution in [1.82, 2.24) is 4.98 Å². The normalized spacial score (nSPS) is 13.2. The van der Waals surface area contributed by atoms with Gasteiger partial charge >= 0.3 is 6.18 Å². The van der Waals surface area contributed by atoms with Crippen LogP contribution in [0, 0.1) is 0 Å². The van der Waals surface area contributed by atoms with Gasteiger partial charge in [-0.05, 0) is 34.7 Å². The third-order valence-electron chi connectivity index (χ3n) is 4.53. The monoisotopic (exact) mass is 405 g/mol. The van der Waals surface area contributed by atoms with E-state index < -0.39 is 18.5 Å². The van der Waals surface area contributed by atoms with E-state index in [2.05, 4.69) is 4.98 Å². The van der Waals surface area contributed by atoms with E-state index in [4.69, 9.17) is 11.6 Å². The number of alkyl halides is 3. The lowest BCUT2D eigenvalue weighted by molar-refractivity contribution is -0.136. The van der Waals surface area contributed by atoms with Gasteiger partial charge in [-0.2, -0.15) is 13.2 Å². The van der Waals surface area contributed by atoms with E-state index in [1.54, 1.807) is 30.3 Å². The highest BCUT2D eigenvalue weighted by molar-refractivity contribution is 7.10. The number of rotatable bonds is 4. The molecule has 1 N–H and O–H groups in total. The first kappa shape index (κ1) is 18.1. The number of nitrogens with one attached hydrogen (secondary N) is 1. The fraction of sp³-hybridized carbons (Fsp3) is 0.143. The summed E-state index contributed by atoms with van der Waals surface area (Å²) < 4.78 is 40.4. The molecule has 0 unspecified atom stereocenters. The van der Waals surface area contributed by atoms with Gasteiger partial charge in [0.2, 0.25) is 0 Å². The van der Waals surface area contributed by atoms with Gasteiger partial charge in [-0.3, -0.25) is 0 Å². The summed E-state index contributed by atoms with van der Waals surface area (Å²) in [6, 6.07) is 18.3. The second kappa shape index (κ2) is 7.06. The van der Waals surface area contributed by atoms with Crippen LogP contribution in [-0.4, -0.2) is 11.2 Å². The van der Waals surface area contributed by atoms with Gasteiger partial charge in [0.15, 0.2) is 0 Å². The summed E-state index contributed by atoms with van der Waals surface area (Å²) in [5, 5.41) is 3.12. The number of aromatic amines is 1. The van der Waals surface area contributed by atoms with E-state index in [0.29, 0.717) is 21.2 Å². The minimum atomic E-state index is -4.28. The Morgan fingerprint density at radius 2 is 1.78 bits per heavy atom. The Kier molecular flexibility index (Phi) is 4.74. The molecule has 138 valence electrons. The summed E-state index contributed by atoms with van der Waals surface area (Å²) in [7, 11) is 0. The Balaban J connectivity index is 2.00. The molecule has 4 rings (SSSR count). The first-order valence-electron chi connectivity index (χ1n) is 8.39. The molecule has 2 aromatic carbocycles. The third-order valence-corrected chi connectivity index (χ3v) is 5.76. The Morgan fingerprint density at radius 1 is 1.00 bits per heavy atom. The van der Waals surface area contributed by atoms with Crippen molar-refractivity contribution in [2.45, 2.75) is 18.5 Å². The number of fused-ring (bicyclic) bond motifs is 1. The lowest BCUT2D eigenvalue weighted by Crippen LogP contribution is -2.14. The molecule has 0 fully saturated rings. The van der Waals surface area contributed by atoms with Gasteiger partial charge in [0.1, 0.15) is 0 Å². The highest BCUT2D eigenvalue weighted by Crippen LogP contribution is 2.45.